The maximum atomic E-state index is 14.8. The van der Waals surface area contributed by atoms with Gasteiger partial charge in [0.25, 0.3) is 0 Å². The van der Waals surface area contributed by atoms with E-state index in [-0.39, 0.29) is 17.0 Å². The highest BCUT2D eigenvalue weighted by Gasteiger charge is 2.44. The minimum Gasteiger partial charge on any atom is -0.491 e. The Hall–Kier alpha value is -4.27. The van der Waals surface area contributed by atoms with Crippen LogP contribution in [0.25, 0.3) is 11.1 Å². The van der Waals surface area contributed by atoms with Crippen molar-refractivity contribution in [2.75, 3.05) is 7.11 Å². The fourth-order valence-corrected chi connectivity index (χ4v) is 4.18. The van der Waals surface area contributed by atoms with Crippen molar-refractivity contribution in [2.45, 2.75) is 5.54 Å². The predicted octanol–water partition coefficient (Wildman–Crippen LogP) is 3.98. The smallest absolute Gasteiger partial charge is 0.190 e. The van der Waals surface area contributed by atoms with Crippen LogP contribution in [0.4, 0.5) is 13.2 Å². The van der Waals surface area contributed by atoms with E-state index in [0.717, 1.165) is 12.1 Å². The highest BCUT2D eigenvalue weighted by molar-refractivity contribution is 6.01. The number of hydrogen-bond acceptors (Lipinski definition) is 6. The molecule has 9 heteroatoms. The lowest BCUT2D eigenvalue weighted by molar-refractivity contribution is 0.358. The summed E-state index contributed by atoms with van der Waals surface area (Å²) < 4.78 is 49.2. The van der Waals surface area contributed by atoms with Crippen LogP contribution in [0.15, 0.2) is 72.4 Å². The lowest BCUT2D eigenvalue weighted by Crippen LogP contribution is -2.26. The van der Waals surface area contributed by atoms with Crippen molar-refractivity contribution in [3.63, 3.8) is 0 Å². The van der Waals surface area contributed by atoms with Crippen molar-refractivity contribution in [1.82, 2.24) is 15.0 Å². The molecule has 5 rings (SSSR count). The van der Waals surface area contributed by atoms with Crippen LogP contribution in [-0.4, -0.2) is 27.9 Å². The number of amidine groups is 1. The Balaban J connectivity index is 1.84. The molecule has 4 aromatic rings. The second-order valence-corrected chi connectivity index (χ2v) is 7.40. The summed E-state index contributed by atoms with van der Waals surface area (Å²) in [5.74, 6) is -2.75. The van der Waals surface area contributed by atoms with Gasteiger partial charge in [0.2, 0.25) is 0 Å². The molecule has 1 aliphatic heterocycles. The molecule has 0 saturated carbocycles. The number of aliphatic imine (C=N–C) groups is 1. The Kier molecular flexibility index (Phi) is 4.81. The van der Waals surface area contributed by atoms with Crippen molar-refractivity contribution in [3.05, 3.63) is 107 Å². The Bertz CT molecular complexity index is 1390. The van der Waals surface area contributed by atoms with Crippen molar-refractivity contribution < 1.29 is 17.9 Å². The third kappa shape index (κ3) is 3.12. The van der Waals surface area contributed by atoms with Crippen LogP contribution in [0.1, 0.15) is 22.4 Å². The van der Waals surface area contributed by atoms with E-state index < -0.39 is 28.7 Å². The van der Waals surface area contributed by atoms with Gasteiger partial charge in [-0.05, 0) is 41.5 Å². The molecule has 2 aromatic heterocycles. The first kappa shape index (κ1) is 20.6. The molecule has 6 nitrogen and oxygen atoms in total. The van der Waals surface area contributed by atoms with E-state index in [9.17, 15) is 13.2 Å². The first-order valence-electron chi connectivity index (χ1n) is 9.86. The fraction of sp³-hybridized carbons (Fsp3) is 0.0833. The average molecular weight is 447 g/mol. The second kappa shape index (κ2) is 7.70. The average Bonchev–Trinajstić information content (AvgIpc) is 3.13. The second-order valence-electron chi connectivity index (χ2n) is 7.40. The van der Waals surface area contributed by atoms with E-state index in [1.807, 2.05) is 0 Å². The number of nitrogens with zero attached hydrogens (tertiary/aromatic N) is 4. The van der Waals surface area contributed by atoms with E-state index >= 15 is 0 Å². The summed E-state index contributed by atoms with van der Waals surface area (Å²) in [7, 11) is 1.18. The molecule has 2 aromatic carbocycles. The van der Waals surface area contributed by atoms with Gasteiger partial charge in [-0.15, -0.1) is 0 Å². The zero-order valence-corrected chi connectivity index (χ0v) is 17.3. The molecule has 0 bridgehead atoms. The van der Waals surface area contributed by atoms with Gasteiger partial charge in [-0.25, -0.2) is 28.1 Å². The van der Waals surface area contributed by atoms with E-state index in [1.165, 1.54) is 38.0 Å². The third-order valence-corrected chi connectivity index (χ3v) is 5.60. The van der Waals surface area contributed by atoms with Crippen LogP contribution in [-0.2, 0) is 5.54 Å². The first-order chi connectivity index (χ1) is 16.0. The molecule has 0 amide bonds. The molecular weight excluding hydrogens is 431 g/mol. The highest BCUT2D eigenvalue weighted by Crippen LogP contribution is 2.47. The van der Waals surface area contributed by atoms with Crippen LogP contribution < -0.4 is 10.5 Å². The number of pyridine rings is 1. The summed E-state index contributed by atoms with van der Waals surface area (Å²) in [6, 6.07) is 9.98. The van der Waals surface area contributed by atoms with Crippen LogP contribution in [0.3, 0.4) is 0 Å². The molecule has 3 heterocycles. The van der Waals surface area contributed by atoms with E-state index in [1.54, 1.807) is 24.4 Å². The molecule has 33 heavy (non-hydrogen) atoms. The van der Waals surface area contributed by atoms with Crippen LogP contribution in [0.5, 0.6) is 5.75 Å². The molecular formula is C24H16F3N5O. The summed E-state index contributed by atoms with van der Waals surface area (Å²) in [6.45, 7) is 0. The number of nitrogens with two attached hydrogens (primary N) is 1. The predicted molar refractivity (Wildman–Crippen MR) is 115 cm³/mol. The van der Waals surface area contributed by atoms with Crippen molar-refractivity contribution in [1.29, 1.82) is 0 Å². The quantitative estimate of drug-likeness (QED) is 0.512. The number of halogens is 3. The highest BCUT2D eigenvalue weighted by atomic mass is 19.1. The van der Waals surface area contributed by atoms with Crippen molar-refractivity contribution in [3.8, 4) is 16.9 Å². The maximum absolute atomic E-state index is 14.8. The first-order valence-corrected chi connectivity index (χ1v) is 9.86. The largest absolute Gasteiger partial charge is 0.491 e. The van der Waals surface area contributed by atoms with Gasteiger partial charge in [0.15, 0.2) is 17.4 Å². The van der Waals surface area contributed by atoms with E-state index in [4.69, 9.17) is 10.5 Å². The maximum Gasteiger partial charge on any atom is 0.190 e. The minimum atomic E-state index is -1.47. The zero-order valence-electron chi connectivity index (χ0n) is 17.3. The van der Waals surface area contributed by atoms with Crippen molar-refractivity contribution in [2.24, 2.45) is 10.7 Å². The van der Waals surface area contributed by atoms with E-state index in [2.05, 4.69) is 19.9 Å². The SMILES string of the molecule is COc1c(F)cc(C2(c3ccc(F)c(-c4cncnc4)c3)N=C(N)c3ncccc32)cc1F. The summed E-state index contributed by atoms with van der Waals surface area (Å²) in [5.41, 5.74) is 6.81. The molecule has 0 fully saturated rings. The monoisotopic (exact) mass is 447 g/mol. The van der Waals surface area contributed by atoms with Crippen molar-refractivity contribution >= 4 is 5.84 Å². The number of rotatable bonds is 4. The van der Waals surface area contributed by atoms with Gasteiger partial charge >= 0.3 is 0 Å². The van der Waals surface area contributed by atoms with Gasteiger partial charge in [-0.2, -0.15) is 0 Å². The summed E-state index contributed by atoms with van der Waals surface area (Å²) in [4.78, 5) is 16.8. The fourth-order valence-electron chi connectivity index (χ4n) is 4.18. The molecule has 1 unspecified atom stereocenters. The minimum absolute atomic E-state index is 0.0937. The van der Waals surface area contributed by atoms with Crippen LogP contribution in [0, 0.1) is 17.5 Å². The van der Waals surface area contributed by atoms with Gasteiger partial charge in [-0.3, -0.25) is 4.98 Å². The molecule has 2 N–H and O–H groups in total. The molecule has 1 atom stereocenters. The topological polar surface area (TPSA) is 86.3 Å². The molecule has 0 saturated heterocycles. The lowest BCUT2D eigenvalue weighted by Gasteiger charge is -2.29. The van der Waals surface area contributed by atoms with Crippen LogP contribution >= 0.6 is 0 Å². The number of fused-ring (bicyclic) bond motifs is 1. The third-order valence-electron chi connectivity index (χ3n) is 5.60. The lowest BCUT2D eigenvalue weighted by atomic mass is 9.77. The molecule has 1 aliphatic rings. The van der Waals surface area contributed by atoms with Gasteiger partial charge in [-0.1, -0.05) is 12.1 Å². The van der Waals surface area contributed by atoms with Gasteiger partial charge in [0, 0.05) is 35.3 Å². The van der Waals surface area contributed by atoms with Gasteiger partial charge < -0.3 is 10.5 Å². The number of methoxy groups -OCH3 is 1. The summed E-state index contributed by atoms with van der Waals surface area (Å²) >= 11 is 0. The number of aromatic nitrogens is 3. The van der Waals surface area contributed by atoms with E-state index in [0.29, 0.717) is 22.4 Å². The Labute approximate surface area is 186 Å². The number of hydrogen-bond donors (Lipinski definition) is 1. The molecule has 0 aliphatic carbocycles. The molecule has 164 valence electrons. The number of ether oxygens (including phenoxy) is 1. The molecule has 0 radical (unpaired) electrons. The Morgan fingerprint density at radius 1 is 0.909 bits per heavy atom. The zero-order chi connectivity index (χ0) is 23.2. The van der Waals surface area contributed by atoms with Gasteiger partial charge in [0.1, 0.15) is 29.2 Å². The summed E-state index contributed by atoms with van der Waals surface area (Å²) in [5, 5.41) is 0. The Morgan fingerprint density at radius 2 is 1.64 bits per heavy atom. The number of benzene rings is 2. The molecule has 0 spiro atoms. The van der Waals surface area contributed by atoms with Crippen LogP contribution in [0.2, 0.25) is 0 Å². The normalized spacial score (nSPS) is 16.9. The summed E-state index contributed by atoms with van der Waals surface area (Å²) in [6.07, 6.45) is 5.82. The Morgan fingerprint density at radius 3 is 2.33 bits per heavy atom. The van der Waals surface area contributed by atoms with Gasteiger partial charge in [0.05, 0.1) is 7.11 Å². The standard InChI is InChI=1S/C24H16F3N5O/c1-33-22-19(26)8-15(9-20(22)27)24(17-3-2-6-31-21(17)23(28)32-24)14-4-5-18(25)16(7-14)13-10-29-12-30-11-13/h2-12H,1H3,(H2,28,32).